The maximum absolute atomic E-state index is 12.0. The minimum atomic E-state index is -1.09. The molecule has 18 heavy (non-hydrogen) atoms. The molecule has 0 aliphatic heterocycles. The molecule has 0 aliphatic rings. The first kappa shape index (κ1) is 11.0. The molecule has 0 unspecified atom stereocenters. The van der Waals surface area contributed by atoms with Crippen molar-refractivity contribution in [1.82, 2.24) is 9.38 Å². The third-order valence-corrected chi connectivity index (χ3v) is 3.01. The van der Waals surface area contributed by atoms with Crippen molar-refractivity contribution in [2.45, 2.75) is 0 Å². The van der Waals surface area contributed by atoms with Crippen molar-refractivity contribution in [2.24, 2.45) is 0 Å². The van der Waals surface area contributed by atoms with Gasteiger partial charge in [0.1, 0.15) is 5.52 Å². The van der Waals surface area contributed by atoms with Crippen molar-refractivity contribution < 1.29 is 14.3 Å². The molecular weight excluding hydrogens is 259 g/mol. The lowest BCUT2D eigenvalue weighted by Gasteiger charge is -2.06. The van der Waals surface area contributed by atoms with E-state index in [0.717, 1.165) is 5.52 Å². The molecule has 90 valence electrons. The molecule has 0 atom stereocenters. The Bertz CT molecular complexity index is 769. The van der Waals surface area contributed by atoms with Crippen LogP contribution in [-0.4, -0.2) is 15.4 Å². The van der Waals surface area contributed by atoms with E-state index < -0.39 is 5.97 Å². The fraction of sp³-hybridized carbons (Fsp3) is 0. The van der Waals surface area contributed by atoms with E-state index in [4.69, 9.17) is 11.6 Å². The Balaban J connectivity index is 2.48. The molecular formula is C12H6ClFN2O2. The van der Waals surface area contributed by atoms with Gasteiger partial charge in [0.2, 0.25) is 0 Å². The van der Waals surface area contributed by atoms with Crippen molar-refractivity contribution in [3.63, 3.8) is 0 Å². The first-order valence-corrected chi connectivity index (χ1v) is 5.48. The number of carbonyl (C=O) groups is 1. The molecule has 2 heterocycles. The Morgan fingerprint density at radius 1 is 1.28 bits per heavy atom. The fourth-order valence-electron chi connectivity index (χ4n) is 1.96. The van der Waals surface area contributed by atoms with Gasteiger partial charge in [-0.25, -0.2) is 14.7 Å². The number of halogens is 2. The molecule has 6 heteroatoms. The summed E-state index contributed by atoms with van der Waals surface area (Å²) in [5, 5.41) is 0.242. The van der Waals surface area contributed by atoms with Crippen LogP contribution in [0.2, 0.25) is 5.15 Å². The van der Waals surface area contributed by atoms with Gasteiger partial charge in [0.15, 0.2) is 5.15 Å². The Hall–Kier alpha value is -2.14. The first-order valence-electron chi connectivity index (χ1n) is 5.10. The number of hydrogen-bond donors (Lipinski definition) is 0. The van der Waals surface area contributed by atoms with Crippen LogP contribution in [0.15, 0.2) is 36.5 Å². The van der Waals surface area contributed by atoms with E-state index in [9.17, 15) is 9.32 Å². The Morgan fingerprint density at radius 3 is 2.83 bits per heavy atom. The summed E-state index contributed by atoms with van der Waals surface area (Å²) in [6.45, 7) is 0. The lowest BCUT2D eigenvalue weighted by Crippen LogP contribution is -2.03. The summed E-state index contributed by atoms with van der Waals surface area (Å²) >= 11 is 6.02. The summed E-state index contributed by atoms with van der Waals surface area (Å²) < 4.78 is 13.8. The third-order valence-electron chi connectivity index (χ3n) is 2.73. The molecule has 0 bridgehead atoms. The smallest absolute Gasteiger partial charge is 0.312 e. The molecule has 3 rings (SSSR count). The molecule has 2 aromatic heterocycles. The molecule has 0 amide bonds. The normalized spacial score (nSPS) is 11.0. The van der Waals surface area contributed by atoms with Gasteiger partial charge in [0.25, 0.3) is 0 Å². The number of fused-ring (bicyclic) bond motifs is 3. The third kappa shape index (κ3) is 1.44. The second-order valence-corrected chi connectivity index (χ2v) is 4.06. The molecule has 0 saturated carbocycles. The van der Waals surface area contributed by atoms with E-state index in [0.29, 0.717) is 11.0 Å². The number of rotatable bonds is 1. The van der Waals surface area contributed by atoms with E-state index in [1.54, 1.807) is 28.8 Å². The number of aromatic nitrogens is 2. The molecule has 0 aliphatic carbocycles. The van der Waals surface area contributed by atoms with Crippen LogP contribution in [0, 0.1) is 0 Å². The average Bonchev–Trinajstić information content (AvgIpc) is 2.87. The first-order chi connectivity index (χ1) is 8.72. The van der Waals surface area contributed by atoms with Crippen LogP contribution in [0.5, 0.6) is 0 Å². The van der Waals surface area contributed by atoms with Crippen LogP contribution in [0.4, 0.5) is 4.53 Å². The number of nitrogens with zero attached hydrogens (tertiary/aromatic N) is 2. The van der Waals surface area contributed by atoms with Crippen molar-refractivity contribution in [3.8, 4) is 0 Å². The van der Waals surface area contributed by atoms with Crippen LogP contribution >= 0.6 is 11.6 Å². The standard InChI is InChI=1S/C12H6ClFN2O2/c13-11-9-5-2-6-16(9)8-4-1-3-7(10(8)15-11)12(17)18-14/h1-6H. The fourth-order valence-corrected chi connectivity index (χ4v) is 2.20. The largest absolute Gasteiger partial charge is 0.381 e. The van der Waals surface area contributed by atoms with E-state index in [2.05, 4.69) is 9.93 Å². The second-order valence-electron chi connectivity index (χ2n) is 3.70. The SMILES string of the molecule is O=C(OF)c1cccc2c1nc(Cl)c1cccn12. The van der Waals surface area contributed by atoms with Crippen LogP contribution < -0.4 is 0 Å². The molecule has 0 fully saturated rings. The number of hydrogen-bond acceptors (Lipinski definition) is 3. The molecule has 0 N–H and O–H groups in total. The van der Waals surface area contributed by atoms with Gasteiger partial charge in [-0.15, -0.1) is 0 Å². The summed E-state index contributed by atoms with van der Waals surface area (Å²) in [6, 6.07) is 8.44. The zero-order chi connectivity index (χ0) is 12.7. The molecule has 0 spiro atoms. The van der Waals surface area contributed by atoms with Gasteiger partial charge in [-0.05, 0) is 24.3 Å². The highest BCUT2D eigenvalue weighted by molar-refractivity contribution is 6.33. The van der Waals surface area contributed by atoms with E-state index in [-0.39, 0.29) is 10.7 Å². The van der Waals surface area contributed by atoms with E-state index in [1.165, 1.54) is 6.07 Å². The number of carbonyl (C=O) groups excluding carboxylic acids is 1. The minimum Gasteiger partial charge on any atom is -0.312 e. The average molecular weight is 265 g/mol. The second kappa shape index (κ2) is 3.96. The predicted molar refractivity (Wildman–Crippen MR) is 64.2 cm³/mol. The zero-order valence-electron chi connectivity index (χ0n) is 8.93. The van der Waals surface area contributed by atoms with Gasteiger partial charge < -0.3 is 4.40 Å². The quantitative estimate of drug-likeness (QED) is 0.678. The van der Waals surface area contributed by atoms with Crippen LogP contribution in [-0.2, 0) is 4.94 Å². The lowest BCUT2D eigenvalue weighted by atomic mass is 10.2. The highest BCUT2D eigenvalue weighted by Gasteiger charge is 2.16. The summed E-state index contributed by atoms with van der Waals surface area (Å²) in [7, 11) is 0. The molecule has 3 aromatic rings. The molecule has 0 radical (unpaired) electrons. The highest BCUT2D eigenvalue weighted by atomic mass is 35.5. The Labute approximate surface area is 105 Å². The van der Waals surface area contributed by atoms with Crippen LogP contribution in [0.1, 0.15) is 10.4 Å². The predicted octanol–water partition coefficient (Wildman–Crippen LogP) is 3.18. The molecule has 1 aromatic carbocycles. The van der Waals surface area contributed by atoms with Crippen molar-refractivity contribution in [3.05, 3.63) is 47.2 Å². The summed E-state index contributed by atoms with van der Waals surface area (Å²) in [5.74, 6) is -1.09. The summed E-state index contributed by atoms with van der Waals surface area (Å²) in [5.41, 5.74) is 1.71. The molecule has 0 saturated heterocycles. The van der Waals surface area contributed by atoms with Crippen LogP contribution in [0.25, 0.3) is 16.6 Å². The number of para-hydroxylation sites is 1. The number of benzene rings is 1. The topological polar surface area (TPSA) is 43.6 Å². The van der Waals surface area contributed by atoms with E-state index in [1.807, 2.05) is 6.07 Å². The van der Waals surface area contributed by atoms with E-state index >= 15 is 0 Å². The zero-order valence-corrected chi connectivity index (χ0v) is 9.69. The highest BCUT2D eigenvalue weighted by Crippen LogP contribution is 2.24. The summed E-state index contributed by atoms with van der Waals surface area (Å²) in [6.07, 6.45) is 1.79. The monoisotopic (exact) mass is 264 g/mol. The minimum absolute atomic E-state index is 0.0347. The van der Waals surface area contributed by atoms with Crippen molar-refractivity contribution >= 4 is 34.1 Å². The lowest BCUT2D eigenvalue weighted by molar-refractivity contribution is -0.0786. The van der Waals surface area contributed by atoms with Gasteiger partial charge in [-0.3, -0.25) is 0 Å². The van der Waals surface area contributed by atoms with Gasteiger partial charge >= 0.3 is 5.97 Å². The molecule has 4 nitrogen and oxygen atoms in total. The Kier molecular flexibility index (Phi) is 2.41. The van der Waals surface area contributed by atoms with Gasteiger partial charge in [-0.2, -0.15) is 0 Å². The maximum atomic E-state index is 12.0. The van der Waals surface area contributed by atoms with Crippen molar-refractivity contribution in [2.75, 3.05) is 0 Å². The summed E-state index contributed by atoms with van der Waals surface area (Å²) in [4.78, 5) is 18.7. The van der Waals surface area contributed by atoms with Crippen molar-refractivity contribution in [1.29, 1.82) is 0 Å². The Morgan fingerprint density at radius 2 is 2.06 bits per heavy atom. The maximum Gasteiger partial charge on any atom is 0.381 e. The van der Waals surface area contributed by atoms with Gasteiger partial charge in [0, 0.05) is 10.7 Å². The van der Waals surface area contributed by atoms with Gasteiger partial charge in [-0.1, -0.05) is 17.7 Å². The van der Waals surface area contributed by atoms with Gasteiger partial charge in [0.05, 0.1) is 16.6 Å². The van der Waals surface area contributed by atoms with Crippen LogP contribution in [0.3, 0.4) is 0 Å².